The first-order valence-electron chi connectivity index (χ1n) is 6.34. The molecule has 0 amide bonds. The quantitative estimate of drug-likeness (QED) is 0.648. The zero-order chi connectivity index (χ0) is 12.0. The lowest BCUT2D eigenvalue weighted by Crippen LogP contribution is -2.30. The second kappa shape index (κ2) is 4.09. The van der Waals surface area contributed by atoms with Gasteiger partial charge in [0, 0.05) is 17.7 Å². The molecule has 2 aliphatic carbocycles. The Kier molecular flexibility index (Phi) is 2.70. The number of carbonyl (C=O) groups excluding carboxylic acids is 1. The molecule has 0 radical (unpaired) electrons. The minimum Gasteiger partial charge on any atom is -0.294 e. The highest BCUT2D eigenvalue weighted by atomic mass is 35.5. The third kappa shape index (κ3) is 1.70. The summed E-state index contributed by atoms with van der Waals surface area (Å²) in [6, 6.07) is 0. The lowest BCUT2D eigenvalue weighted by atomic mass is 9.68. The van der Waals surface area contributed by atoms with E-state index in [0.717, 1.165) is 23.4 Å². The first-order valence-corrected chi connectivity index (χ1v) is 6.72. The van der Waals surface area contributed by atoms with Gasteiger partial charge in [0.05, 0.1) is 11.6 Å². The monoisotopic (exact) mass is 249 g/mol. The van der Waals surface area contributed by atoms with Crippen LogP contribution in [0.3, 0.4) is 0 Å². The van der Waals surface area contributed by atoms with Crippen LogP contribution in [0.25, 0.3) is 0 Å². The van der Waals surface area contributed by atoms with Crippen molar-refractivity contribution in [3.05, 3.63) is 21.8 Å². The van der Waals surface area contributed by atoms with E-state index < -0.39 is 0 Å². The predicted octanol–water partition coefficient (Wildman–Crippen LogP) is 3.27. The molecule has 0 saturated heterocycles. The van der Waals surface area contributed by atoms with Gasteiger partial charge in [-0.2, -0.15) is 0 Å². The normalized spacial score (nSPS) is 32.7. The minimum atomic E-state index is 0.158. The molecule has 1 fully saturated rings. The predicted molar refractivity (Wildman–Crippen MR) is 69.4 cm³/mol. The molecule has 2 unspecified atom stereocenters. The van der Waals surface area contributed by atoms with Crippen molar-refractivity contribution < 1.29 is 4.79 Å². The Hall–Kier alpha value is -0.890. The highest BCUT2D eigenvalue weighted by Crippen LogP contribution is 2.45. The summed E-state index contributed by atoms with van der Waals surface area (Å²) in [5, 5.41) is 0.752. The van der Waals surface area contributed by atoms with Gasteiger partial charge in [-0.25, -0.2) is 0 Å². The van der Waals surface area contributed by atoms with Gasteiger partial charge in [0.25, 0.3) is 0 Å². The van der Waals surface area contributed by atoms with Crippen molar-refractivity contribution in [2.45, 2.75) is 32.6 Å². The van der Waals surface area contributed by atoms with Crippen LogP contribution in [0.2, 0.25) is 0 Å². The number of hydrogen-bond donors (Lipinski definition) is 0. The fraction of sp³-hybridized carbons (Fsp3) is 0.571. The molecule has 1 aliphatic heterocycles. The first-order chi connectivity index (χ1) is 8.18. The summed E-state index contributed by atoms with van der Waals surface area (Å²) >= 11 is 6.28. The van der Waals surface area contributed by atoms with Crippen LogP contribution in [-0.2, 0) is 4.79 Å². The molecule has 3 rings (SSSR count). The standard InChI is InChI=1S/C14H16ClNO/c1-8-5-9-3-2-4-10-12(15)7-16-6-11(13(9)10)14(8)17/h7-9H,2-6H2,1H3. The zero-order valence-corrected chi connectivity index (χ0v) is 10.8. The van der Waals surface area contributed by atoms with Gasteiger partial charge in [-0.15, -0.1) is 0 Å². The molecule has 3 aliphatic rings. The summed E-state index contributed by atoms with van der Waals surface area (Å²) in [6.07, 6.45) is 6.11. The maximum absolute atomic E-state index is 12.3. The summed E-state index contributed by atoms with van der Waals surface area (Å²) in [5.74, 6) is 0.987. The molecule has 2 nitrogen and oxygen atoms in total. The molecule has 2 atom stereocenters. The smallest absolute Gasteiger partial charge is 0.163 e. The highest BCUT2D eigenvalue weighted by Gasteiger charge is 2.37. The molecule has 17 heavy (non-hydrogen) atoms. The lowest BCUT2D eigenvalue weighted by Gasteiger charge is -2.35. The molecular formula is C14H16ClNO. The molecular weight excluding hydrogens is 234 g/mol. The molecule has 1 heterocycles. The minimum absolute atomic E-state index is 0.158. The Morgan fingerprint density at radius 2 is 2.24 bits per heavy atom. The molecule has 0 aromatic rings. The van der Waals surface area contributed by atoms with Crippen LogP contribution < -0.4 is 0 Å². The van der Waals surface area contributed by atoms with Crippen molar-refractivity contribution >= 4 is 23.6 Å². The molecule has 1 saturated carbocycles. The van der Waals surface area contributed by atoms with Crippen molar-refractivity contribution in [2.24, 2.45) is 16.8 Å². The van der Waals surface area contributed by atoms with Crippen LogP contribution in [0.4, 0.5) is 0 Å². The fourth-order valence-electron chi connectivity index (χ4n) is 3.39. The van der Waals surface area contributed by atoms with Gasteiger partial charge in [-0.1, -0.05) is 18.5 Å². The molecule has 0 aromatic heterocycles. The summed E-state index contributed by atoms with van der Waals surface area (Å²) in [7, 11) is 0. The van der Waals surface area contributed by atoms with Crippen LogP contribution in [-0.4, -0.2) is 18.5 Å². The Labute approximate surface area is 106 Å². The van der Waals surface area contributed by atoms with Crippen LogP contribution in [0.15, 0.2) is 26.7 Å². The van der Waals surface area contributed by atoms with Crippen molar-refractivity contribution in [1.29, 1.82) is 0 Å². The molecule has 0 aromatic carbocycles. The number of nitrogens with zero attached hydrogens (tertiary/aromatic N) is 1. The Balaban J connectivity index is 2.19. The number of Topliss-reactive ketones (excluding diaryl/α,β-unsaturated/α-hetero) is 1. The molecule has 90 valence electrons. The summed E-state index contributed by atoms with van der Waals surface area (Å²) in [4.78, 5) is 16.5. The van der Waals surface area contributed by atoms with E-state index in [9.17, 15) is 4.79 Å². The van der Waals surface area contributed by atoms with Gasteiger partial charge in [0.2, 0.25) is 0 Å². The molecule has 3 heteroatoms. The Morgan fingerprint density at radius 3 is 3.06 bits per heavy atom. The van der Waals surface area contributed by atoms with Crippen molar-refractivity contribution in [3.63, 3.8) is 0 Å². The molecule has 0 spiro atoms. The van der Waals surface area contributed by atoms with Gasteiger partial charge >= 0.3 is 0 Å². The summed E-state index contributed by atoms with van der Waals surface area (Å²) in [6.45, 7) is 2.56. The highest BCUT2D eigenvalue weighted by molar-refractivity contribution is 6.40. The Bertz CT molecular complexity index is 473. The van der Waals surface area contributed by atoms with E-state index in [1.165, 1.54) is 24.0 Å². The third-order valence-electron chi connectivity index (χ3n) is 4.16. The van der Waals surface area contributed by atoms with Crippen LogP contribution in [0.1, 0.15) is 32.6 Å². The fourth-order valence-corrected chi connectivity index (χ4v) is 3.65. The number of halogens is 1. The largest absolute Gasteiger partial charge is 0.294 e. The topological polar surface area (TPSA) is 29.4 Å². The maximum atomic E-state index is 12.3. The van der Waals surface area contributed by atoms with Crippen molar-refractivity contribution in [1.82, 2.24) is 0 Å². The average molecular weight is 250 g/mol. The van der Waals surface area contributed by atoms with Crippen molar-refractivity contribution in [2.75, 3.05) is 6.54 Å². The van der Waals surface area contributed by atoms with Gasteiger partial charge in [-0.3, -0.25) is 9.79 Å². The van der Waals surface area contributed by atoms with Crippen LogP contribution >= 0.6 is 11.6 Å². The maximum Gasteiger partial charge on any atom is 0.163 e. The van der Waals surface area contributed by atoms with E-state index in [2.05, 4.69) is 4.99 Å². The van der Waals surface area contributed by atoms with Gasteiger partial charge in [-0.05, 0) is 42.7 Å². The number of carbonyl (C=O) groups is 1. The lowest BCUT2D eigenvalue weighted by molar-refractivity contribution is -0.119. The van der Waals surface area contributed by atoms with E-state index >= 15 is 0 Å². The third-order valence-corrected chi connectivity index (χ3v) is 4.49. The first kappa shape index (κ1) is 11.2. The van der Waals surface area contributed by atoms with E-state index in [-0.39, 0.29) is 5.92 Å². The molecule has 0 bridgehead atoms. The number of aliphatic imine (C=N–C) groups is 1. The van der Waals surface area contributed by atoms with Gasteiger partial charge in [0.1, 0.15) is 0 Å². The Morgan fingerprint density at radius 1 is 1.41 bits per heavy atom. The van der Waals surface area contributed by atoms with Gasteiger partial charge in [0.15, 0.2) is 5.78 Å². The second-order valence-electron chi connectivity index (χ2n) is 5.28. The van der Waals surface area contributed by atoms with Crippen molar-refractivity contribution in [3.8, 4) is 0 Å². The van der Waals surface area contributed by atoms with E-state index in [1.807, 2.05) is 6.92 Å². The SMILES string of the molecule is CC1CC2CCCC3=C(Cl)C=NCC(=C32)C1=O. The second-order valence-corrected chi connectivity index (χ2v) is 5.69. The van der Waals surface area contributed by atoms with E-state index in [1.54, 1.807) is 6.21 Å². The summed E-state index contributed by atoms with van der Waals surface area (Å²) in [5.41, 5.74) is 3.39. The van der Waals surface area contributed by atoms with Gasteiger partial charge < -0.3 is 0 Å². The van der Waals surface area contributed by atoms with E-state index in [0.29, 0.717) is 18.2 Å². The summed E-state index contributed by atoms with van der Waals surface area (Å²) < 4.78 is 0. The number of hydrogen-bond acceptors (Lipinski definition) is 2. The zero-order valence-electron chi connectivity index (χ0n) is 10.0. The number of ketones is 1. The van der Waals surface area contributed by atoms with Crippen LogP contribution in [0, 0.1) is 11.8 Å². The van der Waals surface area contributed by atoms with E-state index in [4.69, 9.17) is 11.6 Å². The van der Waals surface area contributed by atoms with Crippen LogP contribution in [0.5, 0.6) is 0 Å². The number of allylic oxidation sites excluding steroid dienone is 3. The average Bonchev–Trinajstić information content (AvgIpc) is 2.48. The molecule has 0 N–H and O–H groups in total. The number of rotatable bonds is 0.